The lowest BCUT2D eigenvalue weighted by molar-refractivity contribution is 0.177. The van der Waals surface area contributed by atoms with Crippen molar-refractivity contribution in [2.75, 3.05) is 7.11 Å². The van der Waals surface area contributed by atoms with E-state index in [2.05, 4.69) is 9.97 Å². The summed E-state index contributed by atoms with van der Waals surface area (Å²) < 4.78 is 5.11. The van der Waals surface area contributed by atoms with Gasteiger partial charge in [0.1, 0.15) is 5.75 Å². The molecule has 0 fully saturated rings. The van der Waals surface area contributed by atoms with Crippen molar-refractivity contribution >= 4 is 11.0 Å². The maximum atomic E-state index is 10.3. The van der Waals surface area contributed by atoms with Crippen LogP contribution in [0.4, 0.5) is 0 Å². The first-order valence-corrected chi connectivity index (χ1v) is 6.79. The molecule has 106 valence electrons. The average molecular weight is 280 g/mol. The van der Waals surface area contributed by atoms with Gasteiger partial charge >= 0.3 is 0 Å². The summed E-state index contributed by atoms with van der Waals surface area (Å²) in [6, 6.07) is 15.1. The van der Waals surface area contributed by atoms with Crippen molar-refractivity contribution in [3.63, 3.8) is 0 Å². The number of rotatable bonds is 4. The van der Waals surface area contributed by atoms with Gasteiger partial charge in [-0.05, 0) is 29.8 Å². The Morgan fingerprint density at radius 1 is 1.05 bits per heavy atom. The van der Waals surface area contributed by atoms with Crippen LogP contribution < -0.4 is 4.74 Å². The van der Waals surface area contributed by atoms with Crippen LogP contribution in [0.1, 0.15) is 17.4 Å². The maximum absolute atomic E-state index is 10.3. The second kappa shape index (κ2) is 5.89. The number of nitrogens with zero attached hydrogens (tertiary/aromatic N) is 2. The van der Waals surface area contributed by atoms with Gasteiger partial charge in [-0.25, -0.2) is 4.98 Å². The molecule has 0 amide bonds. The van der Waals surface area contributed by atoms with Gasteiger partial charge in [-0.1, -0.05) is 24.3 Å². The highest BCUT2D eigenvalue weighted by atomic mass is 16.5. The molecule has 3 aromatic rings. The van der Waals surface area contributed by atoms with Crippen molar-refractivity contribution < 1.29 is 9.84 Å². The van der Waals surface area contributed by atoms with Crippen LogP contribution in [0.25, 0.3) is 11.0 Å². The van der Waals surface area contributed by atoms with E-state index < -0.39 is 6.10 Å². The van der Waals surface area contributed by atoms with Crippen LogP contribution in [-0.2, 0) is 6.42 Å². The Balaban J connectivity index is 1.79. The number of methoxy groups -OCH3 is 1. The highest BCUT2D eigenvalue weighted by molar-refractivity contribution is 5.73. The zero-order chi connectivity index (χ0) is 14.7. The van der Waals surface area contributed by atoms with E-state index in [0.29, 0.717) is 6.42 Å². The van der Waals surface area contributed by atoms with Gasteiger partial charge in [-0.15, -0.1) is 0 Å². The van der Waals surface area contributed by atoms with Gasteiger partial charge < -0.3 is 9.84 Å². The average Bonchev–Trinajstić information content (AvgIpc) is 2.55. The van der Waals surface area contributed by atoms with Crippen LogP contribution in [0.5, 0.6) is 5.75 Å². The van der Waals surface area contributed by atoms with Crippen molar-refractivity contribution in [3.05, 3.63) is 66.0 Å². The van der Waals surface area contributed by atoms with Gasteiger partial charge in [0.05, 0.1) is 29.9 Å². The summed E-state index contributed by atoms with van der Waals surface area (Å²) in [6.45, 7) is 0. The van der Waals surface area contributed by atoms with Gasteiger partial charge in [-0.3, -0.25) is 4.98 Å². The number of aliphatic hydroxyl groups is 1. The molecule has 1 heterocycles. The lowest BCUT2D eigenvalue weighted by atomic mass is 10.0. The van der Waals surface area contributed by atoms with Crippen LogP contribution in [0.15, 0.2) is 54.7 Å². The highest BCUT2D eigenvalue weighted by Crippen LogP contribution is 2.21. The Bertz CT molecular complexity index is 741. The van der Waals surface area contributed by atoms with Crippen LogP contribution in [0.2, 0.25) is 0 Å². The fraction of sp³-hybridized carbons (Fsp3) is 0.176. The lowest BCUT2D eigenvalue weighted by Crippen LogP contribution is -2.04. The molecule has 0 bridgehead atoms. The zero-order valence-electron chi connectivity index (χ0n) is 11.7. The molecule has 1 atom stereocenters. The Morgan fingerprint density at radius 2 is 1.76 bits per heavy atom. The summed E-state index contributed by atoms with van der Waals surface area (Å²) in [5, 5.41) is 10.3. The number of para-hydroxylation sites is 2. The van der Waals surface area contributed by atoms with Crippen LogP contribution in [0, 0.1) is 0 Å². The molecule has 3 rings (SSSR count). The molecular weight excluding hydrogens is 264 g/mol. The fourth-order valence-corrected chi connectivity index (χ4v) is 2.24. The Labute approximate surface area is 123 Å². The van der Waals surface area contributed by atoms with E-state index in [9.17, 15) is 5.11 Å². The molecule has 4 nitrogen and oxygen atoms in total. The van der Waals surface area contributed by atoms with Crippen LogP contribution in [0.3, 0.4) is 0 Å². The summed E-state index contributed by atoms with van der Waals surface area (Å²) in [6.07, 6.45) is 1.55. The molecule has 0 aliphatic carbocycles. The third-order valence-electron chi connectivity index (χ3n) is 3.40. The molecule has 2 aromatic carbocycles. The fourth-order valence-electron chi connectivity index (χ4n) is 2.24. The number of hydrogen-bond acceptors (Lipinski definition) is 4. The number of aromatic nitrogens is 2. The molecule has 0 spiro atoms. The van der Waals surface area contributed by atoms with Crippen molar-refractivity contribution in [2.24, 2.45) is 0 Å². The van der Waals surface area contributed by atoms with Crippen LogP contribution in [-0.4, -0.2) is 22.2 Å². The number of aliphatic hydroxyl groups excluding tert-OH is 1. The minimum Gasteiger partial charge on any atom is -0.497 e. The van der Waals surface area contributed by atoms with Crippen molar-refractivity contribution in [1.82, 2.24) is 9.97 Å². The van der Waals surface area contributed by atoms with Gasteiger partial charge in [0.25, 0.3) is 0 Å². The standard InChI is InChI=1S/C17H16N2O2/c1-21-14-8-6-12(7-9-14)17(20)10-13-11-18-15-4-2-3-5-16(15)19-13/h2-9,11,17,20H,10H2,1H3. The van der Waals surface area contributed by atoms with E-state index in [1.807, 2.05) is 48.5 Å². The van der Waals surface area contributed by atoms with Crippen molar-refractivity contribution in [1.29, 1.82) is 0 Å². The van der Waals surface area contributed by atoms with E-state index in [1.54, 1.807) is 13.3 Å². The Hall–Kier alpha value is -2.46. The minimum atomic E-state index is -0.605. The number of hydrogen-bond donors (Lipinski definition) is 1. The van der Waals surface area contributed by atoms with Crippen molar-refractivity contribution in [2.45, 2.75) is 12.5 Å². The summed E-state index contributed by atoms with van der Waals surface area (Å²) >= 11 is 0. The predicted octanol–water partition coefficient (Wildman–Crippen LogP) is 2.91. The molecule has 0 aliphatic heterocycles. The lowest BCUT2D eigenvalue weighted by Gasteiger charge is -2.11. The monoisotopic (exact) mass is 280 g/mol. The molecule has 0 saturated carbocycles. The first-order chi connectivity index (χ1) is 10.3. The summed E-state index contributed by atoms with van der Waals surface area (Å²) in [5.41, 5.74) is 3.32. The topological polar surface area (TPSA) is 55.2 Å². The van der Waals surface area contributed by atoms with E-state index in [-0.39, 0.29) is 0 Å². The maximum Gasteiger partial charge on any atom is 0.118 e. The molecule has 0 aliphatic rings. The summed E-state index contributed by atoms with van der Waals surface area (Å²) in [5.74, 6) is 0.774. The molecular formula is C17H16N2O2. The van der Waals surface area contributed by atoms with Gasteiger partial charge in [0.2, 0.25) is 0 Å². The van der Waals surface area contributed by atoms with Crippen LogP contribution >= 0.6 is 0 Å². The normalized spacial score (nSPS) is 12.3. The molecule has 4 heteroatoms. The van der Waals surface area contributed by atoms with E-state index in [4.69, 9.17) is 4.74 Å². The van der Waals surface area contributed by atoms with E-state index in [1.165, 1.54) is 0 Å². The number of ether oxygens (including phenoxy) is 1. The van der Waals surface area contributed by atoms with Crippen molar-refractivity contribution in [3.8, 4) is 5.75 Å². The second-order valence-corrected chi connectivity index (χ2v) is 4.84. The SMILES string of the molecule is COc1ccc(C(O)Cc2cnc3ccccc3n2)cc1. The van der Waals surface area contributed by atoms with E-state index >= 15 is 0 Å². The Morgan fingerprint density at radius 3 is 2.48 bits per heavy atom. The molecule has 1 N–H and O–H groups in total. The van der Waals surface area contributed by atoms with Gasteiger partial charge in [0, 0.05) is 12.6 Å². The molecule has 0 saturated heterocycles. The van der Waals surface area contributed by atoms with E-state index in [0.717, 1.165) is 28.0 Å². The summed E-state index contributed by atoms with van der Waals surface area (Å²) in [7, 11) is 1.62. The largest absolute Gasteiger partial charge is 0.497 e. The van der Waals surface area contributed by atoms with Gasteiger partial charge in [0.15, 0.2) is 0 Å². The number of benzene rings is 2. The first kappa shape index (κ1) is 13.5. The molecule has 1 aromatic heterocycles. The zero-order valence-corrected chi connectivity index (χ0v) is 11.7. The predicted molar refractivity (Wildman–Crippen MR) is 81.2 cm³/mol. The quantitative estimate of drug-likeness (QED) is 0.798. The third kappa shape index (κ3) is 3.01. The highest BCUT2D eigenvalue weighted by Gasteiger charge is 2.10. The molecule has 21 heavy (non-hydrogen) atoms. The second-order valence-electron chi connectivity index (χ2n) is 4.84. The first-order valence-electron chi connectivity index (χ1n) is 6.79. The Kier molecular flexibility index (Phi) is 3.79. The van der Waals surface area contributed by atoms with Gasteiger partial charge in [-0.2, -0.15) is 0 Å². The smallest absolute Gasteiger partial charge is 0.118 e. The number of fused-ring (bicyclic) bond motifs is 1. The molecule has 1 unspecified atom stereocenters. The third-order valence-corrected chi connectivity index (χ3v) is 3.40. The summed E-state index contributed by atoms with van der Waals surface area (Å²) in [4.78, 5) is 8.89. The minimum absolute atomic E-state index is 0.435. The molecule has 0 radical (unpaired) electrons.